The summed E-state index contributed by atoms with van der Waals surface area (Å²) in [4.78, 5) is 16.8. The lowest BCUT2D eigenvalue weighted by Crippen LogP contribution is -2.28. The van der Waals surface area contributed by atoms with Crippen LogP contribution in [0.15, 0.2) is 29.1 Å². The monoisotopic (exact) mass is 231 g/mol. The summed E-state index contributed by atoms with van der Waals surface area (Å²) < 4.78 is 1.69. The third kappa shape index (κ3) is 2.22. The van der Waals surface area contributed by atoms with Gasteiger partial charge in [-0.1, -0.05) is 26.0 Å². The van der Waals surface area contributed by atoms with Crippen LogP contribution in [0, 0.1) is 5.92 Å². The number of para-hydroxylation sites is 1. The second-order valence-electron chi connectivity index (χ2n) is 4.56. The summed E-state index contributed by atoms with van der Waals surface area (Å²) >= 11 is 0. The van der Waals surface area contributed by atoms with Gasteiger partial charge < -0.3 is 5.73 Å². The molecular formula is C13H17N3O. The Kier molecular flexibility index (Phi) is 3.24. The molecule has 0 saturated heterocycles. The molecule has 90 valence electrons. The predicted molar refractivity (Wildman–Crippen MR) is 68.7 cm³/mol. The van der Waals surface area contributed by atoms with Gasteiger partial charge in [-0.25, -0.2) is 4.98 Å². The molecule has 4 heteroatoms. The molecule has 1 aromatic heterocycles. The number of benzene rings is 1. The molecule has 0 atom stereocenters. The van der Waals surface area contributed by atoms with Crippen molar-refractivity contribution in [1.82, 2.24) is 9.55 Å². The SMILES string of the molecule is CC(C)Cn1c(CN)nc2ccccc2c1=O. The number of aromatic nitrogens is 2. The Morgan fingerprint density at radius 3 is 2.71 bits per heavy atom. The minimum atomic E-state index is 0.00440. The van der Waals surface area contributed by atoms with Crippen molar-refractivity contribution in [3.8, 4) is 0 Å². The third-order valence-corrected chi connectivity index (χ3v) is 2.67. The van der Waals surface area contributed by atoms with Crippen LogP contribution in [-0.4, -0.2) is 9.55 Å². The van der Waals surface area contributed by atoms with Crippen molar-refractivity contribution in [2.75, 3.05) is 0 Å². The summed E-state index contributed by atoms with van der Waals surface area (Å²) in [5.74, 6) is 1.04. The van der Waals surface area contributed by atoms with Gasteiger partial charge in [0.2, 0.25) is 0 Å². The van der Waals surface area contributed by atoms with Crippen molar-refractivity contribution in [1.29, 1.82) is 0 Å². The van der Waals surface area contributed by atoms with Crippen molar-refractivity contribution in [3.63, 3.8) is 0 Å². The Morgan fingerprint density at radius 1 is 1.35 bits per heavy atom. The first kappa shape index (κ1) is 11.8. The van der Waals surface area contributed by atoms with Gasteiger partial charge in [0.1, 0.15) is 5.82 Å². The number of nitrogens with zero attached hydrogens (tertiary/aromatic N) is 2. The van der Waals surface area contributed by atoms with Crippen molar-refractivity contribution in [3.05, 3.63) is 40.4 Å². The summed E-state index contributed by atoms with van der Waals surface area (Å²) in [5.41, 5.74) is 6.39. The second-order valence-corrected chi connectivity index (χ2v) is 4.56. The van der Waals surface area contributed by atoms with Crippen LogP contribution in [0.2, 0.25) is 0 Å². The molecule has 0 aliphatic heterocycles. The van der Waals surface area contributed by atoms with Crippen LogP contribution in [-0.2, 0) is 13.1 Å². The summed E-state index contributed by atoms with van der Waals surface area (Å²) in [5, 5.41) is 0.658. The van der Waals surface area contributed by atoms with Gasteiger partial charge >= 0.3 is 0 Å². The van der Waals surface area contributed by atoms with E-state index in [2.05, 4.69) is 18.8 Å². The van der Waals surface area contributed by atoms with E-state index in [4.69, 9.17) is 5.73 Å². The molecule has 17 heavy (non-hydrogen) atoms. The summed E-state index contributed by atoms with van der Waals surface area (Å²) in [6, 6.07) is 7.38. The van der Waals surface area contributed by atoms with Gasteiger partial charge in [0, 0.05) is 6.54 Å². The fourth-order valence-electron chi connectivity index (χ4n) is 1.92. The fraction of sp³-hybridized carbons (Fsp3) is 0.385. The average molecular weight is 231 g/mol. The van der Waals surface area contributed by atoms with E-state index in [1.807, 2.05) is 24.3 Å². The van der Waals surface area contributed by atoms with Gasteiger partial charge in [0.25, 0.3) is 5.56 Å². The van der Waals surface area contributed by atoms with Gasteiger partial charge in [0.15, 0.2) is 0 Å². The Morgan fingerprint density at radius 2 is 2.06 bits per heavy atom. The highest BCUT2D eigenvalue weighted by Crippen LogP contribution is 2.09. The molecule has 0 fully saturated rings. The highest BCUT2D eigenvalue weighted by Gasteiger charge is 2.10. The lowest BCUT2D eigenvalue weighted by atomic mass is 10.2. The maximum Gasteiger partial charge on any atom is 0.261 e. The molecule has 2 rings (SSSR count). The van der Waals surface area contributed by atoms with E-state index in [1.54, 1.807) is 4.57 Å². The maximum absolute atomic E-state index is 12.3. The van der Waals surface area contributed by atoms with Crippen LogP contribution in [0.25, 0.3) is 10.9 Å². The topological polar surface area (TPSA) is 60.9 Å². The molecule has 0 amide bonds. The molecule has 0 aliphatic carbocycles. The lowest BCUT2D eigenvalue weighted by molar-refractivity contribution is 0.490. The van der Waals surface area contributed by atoms with Gasteiger partial charge in [-0.2, -0.15) is 0 Å². The minimum Gasteiger partial charge on any atom is -0.324 e. The number of nitrogens with two attached hydrogens (primary N) is 1. The van der Waals surface area contributed by atoms with Gasteiger partial charge in [-0.15, -0.1) is 0 Å². The Labute approximate surface area is 100 Å². The number of rotatable bonds is 3. The normalized spacial score (nSPS) is 11.3. The van der Waals surface area contributed by atoms with E-state index in [0.29, 0.717) is 23.7 Å². The van der Waals surface area contributed by atoms with E-state index < -0.39 is 0 Å². The first-order valence-corrected chi connectivity index (χ1v) is 5.82. The molecule has 0 bridgehead atoms. The quantitative estimate of drug-likeness (QED) is 0.871. The molecule has 0 unspecified atom stereocenters. The zero-order valence-corrected chi connectivity index (χ0v) is 10.2. The molecule has 0 saturated carbocycles. The molecule has 2 N–H and O–H groups in total. The predicted octanol–water partition coefficient (Wildman–Crippen LogP) is 1.51. The van der Waals surface area contributed by atoms with Gasteiger partial charge in [-0.3, -0.25) is 9.36 Å². The van der Waals surface area contributed by atoms with Crippen LogP contribution in [0.1, 0.15) is 19.7 Å². The van der Waals surface area contributed by atoms with E-state index in [9.17, 15) is 4.79 Å². The Balaban J connectivity index is 2.72. The third-order valence-electron chi connectivity index (χ3n) is 2.67. The van der Waals surface area contributed by atoms with Crippen molar-refractivity contribution < 1.29 is 0 Å². The van der Waals surface area contributed by atoms with Crippen LogP contribution < -0.4 is 11.3 Å². The minimum absolute atomic E-state index is 0.00440. The van der Waals surface area contributed by atoms with Gasteiger partial charge in [-0.05, 0) is 18.1 Å². The van der Waals surface area contributed by atoms with E-state index in [-0.39, 0.29) is 12.1 Å². The molecule has 0 radical (unpaired) electrons. The highest BCUT2D eigenvalue weighted by molar-refractivity contribution is 5.77. The van der Waals surface area contributed by atoms with Crippen LogP contribution >= 0.6 is 0 Å². The van der Waals surface area contributed by atoms with Crippen LogP contribution in [0.3, 0.4) is 0 Å². The Bertz CT molecular complexity index is 587. The smallest absolute Gasteiger partial charge is 0.261 e. The Hall–Kier alpha value is -1.68. The summed E-state index contributed by atoms with van der Waals surface area (Å²) in [7, 11) is 0. The van der Waals surface area contributed by atoms with Crippen LogP contribution in [0.4, 0.5) is 0 Å². The molecular weight excluding hydrogens is 214 g/mol. The highest BCUT2D eigenvalue weighted by atomic mass is 16.1. The molecule has 1 heterocycles. The van der Waals surface area contributed by atoms with E-state index in [0.717, 1.165) is 5.52 Å². The second kappa shape index (κ2) is 4.67. The summed E-state index contributed by atoms with van der Waals surface area (Å²) in [6.45, 7) is 5.08. The number of fused-ring (bicyclic) bond motifs is 1. The van der Waals surface area contributed by atoms with Crippen molar-refractivity contribution in [2.24, 2.45) is 11.7 Å². The molecule has 0 aliphatic rings. The first-order valence-electron chi connectivity index (χ1n) is 5.82. The lowest BCUT2D eigenvalue weighted by Gasteiger charge is -2.14. The zero-order chi connectivity index (χ0) is 12.4. The van der Waals surface area contributed by atoms with Gasteiger partial charge in [0.05, 0.1) is 17.4 Å². The van der Waals surface area contributed by atoms with E-state index in [1.165, 1.54) is 0 Å². The molecule has 0 spiro atoms. The first-order chi connectivity index (χ1) is 8.13. The molecule has 2 aromatic rings. The van der Waals surface area contributed by atoms with Crippen molar-refractivity contribution in [2.45, 2.75) is 26.9 Å². The van der Waals surface area contributed by atoms with Crippen LogP contribution in [0.5, 0.6) is 0 Å². The van der Waals surface area contributed by atoms with Crippen molar-refractivity contribution >= 4 is 10.9 Å². The largest absolute Gasteiger partial charge is 0.324 e. The number of hydrogen-bond acceptors (Lipinski definition) is 3. The maximum atomic E-state index is 12.3. The standard InChI is InChI=1S/C13H17N3O/c1-9(2)8-16-12(7-14)15-11-6-4-3-5-10(11)13(16)17/h3-6,9H,7-8,14H2,1-2H3. The molecule has 1 aromatic carbocycles. The average Bonchev–Trinajstić information content (AvgIpc) is 2.32. The molecule has 4 nitrogen and oxygen atoms in total. The number of hydrogen-bond donors (Lipinski definition) is 1. The zero-order valence-electron chi connectivity index (χ0n) is 10.2. The van der Waals surface area contributed by atoms with E-state index >= 15 is 0 Å². The summed E-state index contributed by atoms with van der Waals surface area (Å²) in [6.07, 6.45) is 0. The fourth-order valence-corrected chi connectivity index (χ4v) is 1.92.